The van der Waals surface area contributed by atoms with Gasteiger partial charge in [-0.05, 0) is 37.0 Å². The number of amides is 2. The van der Waals surface area contributed by atoms with Crippen molar-refractivity contribution in [1.29, 1.82) is 0 Å². The van der Waals surface area contributed by atoms with Crippen LogP contribution in [0, 0.1) is 5.92 Å². The zero-order valence-electron chi connectivity index (χ0n) is 11.1. The van der Waals surface area contributed by atoms with E-state index in [0.717, 1.165) is 12.8 Å². The van der Waals surface area contributed by atoms with Crippen molar-refractivity contribution in [1.82, 2.24) is 5.32 Å². The van der Waals surface area contributed by atoms with Gasteiger partial charge in [-0.3, -0.25) is 9.59 Å². The van der Waals surface area contributed by atoms with Gasteiger partial charge in [-0.1, -0.05) is 6.07 Å². The Balaban J connectivity index is 2.08. The molecule has 0 aromatic heterocycles. The van der Waals surface area contributed by atoms with Crippen LogP contribution in [0.3, 0.4) is 0 Å². The quantitative estimate of drug-likeness (QED) is 0.754. The summed E-state index contributed by atoms with van der Waals surface area (Å²) in [6, 6.07) is 5.54. The minimum absolute atomic E-state index is 0.0231. The zero-order chi connectivity index (χ0) is 14.7. The molecule has 1 saturated carbocycles. The highest BCUT2D eigenvalue weighted by Gasteiger charge is 2.37. The summed E-state index contributed by atoms with van der Waals surface area (Å²) in [7, 11) is 0. The van der Waals surface area contributed by atoms with Gasteiger partial charge < -0.3 is 15.7 Å². The molecule has 1 aliphatic rings. The predicted molar refractivity (Wildman–Crippen MR) is 72.4 cm³/mol. The Hall–Kier alpha value is -2.37. The third-order valence-electron chi connectivity index (χ3n) is 3.09. The van der Waals surface area contributed by atoms with Crippen LogP contribution in [-0.2, 0) is 9.59 Å². The fourth-order valence-corrected chi connectivity index (χ4v) is 1.98. The highest BCUT2D eigenvalue weighted by molar-refractivity contribution is 5.98. The molecule has 1 unspecified atom stereocenters. The molecular weight excluding hydrogens is 260 g/mol. The van der Waals surface area contributed by atoms with E-state index >= 15 is 0 Å². The fraction of sp³-hybridized carbons (Fsp3) is 0.357. The van der Waals surface area contributed by atoms with Crippen molar-refractivity contribution < 1.29 is 19.5 Å². The molecule has 0 heterocycles. The first-order valence-corrected chi connectivity index (χ1v) is 6.38. The second-order valence-corrected chi connectivity index (χ2v) is 4.89. The van der Waals surface area contributed by atoms with E-state index in [1.807, 2.05) is 0 Å². The molecular formula is C14H16N2O4. The Morgan fingerprint density at radius 1 is 1.30 bits per heavy atom. The van der Waals surface area contributed by atoms with Crippen LogP contribution in [0.4, 0.5) is 5.69 Å². The summed E-state index contributed by atoms with van der Waals surface area (Å²) < 4.78 is 0. The van der Waals surface area contributed by atoms with Gasteiger partial charge in [-0.2, -0.15) is 0 Å². The average molecular weight is 276 g/mol. The number of hydrogen-bond acceptors (Lipinski definition) is 3. The minimum Gasteiger partial charge on any atom is -0.480 e. The molecule has 1 aromatic rings. The molecule has 2 rings (SSSR count). The molecule has 0 aliphatic heterocycles. The van der Waals surface area contributed by atoms with Crippen molar-refractivity contribution in [3.63, 3.8) is 0 Å². The first-order valence-electron chi connectivity index (χ1n) is 6.38. The summed E-state index contributed by atoms with van der Waals surface area (Å²) in [5.41, 5.74) is 0.826. The normalized spacial score (nSPS) is 15.2. The molecule has 0 saturated heterocycles. The van der Waals surface area contributed by atoms with Crippen LogP contribution in [0.2, 0.25) is 0 Å². The average Bonchev–Trinajstić information content (AvgIpc) is 3.19. The Morgan fingerprint density at radius 3 is 2.55 bits per heavy atom. The highest BCUT2D eigenvalue weighted by atomic mass is 16.4. The van der Waals surface area contributed by atoms with Crippen molar-refractivity contribution in [2.45, 2.75) is 25.8 Å². The fourth-order valence-electron chi connectivity index (χ4n) is 1.98. The van der Waals surface area contributed by atoms with E-state index in [-0.39, 0.29) is 11.8 Å². The molecule has 106 valence electrons. The highest BCUT2D eigenvalue weighted by Crippen LogP contribution is 2.32. The third-order valence-corrected chi connectivity index (χ3v) is 3.09. The number of aliphatic carboxylic acids is 1. The van der Waals surface area contributed by atoms with Crippen LogP contribution in [-0.4, -0.2) is 28.9 Å². The van der Waals surface area contributed by atoms with E-state index in [2.05, 4.69) is 10.6 Å². The summed E-state index contributed by atoms with van der Waals surface area (Å²) in [4.78, 5) is 34.1. The lowest BCUT2D eigenvalue weighted by molar-refractivity contribution is -0.139. The van der Waals surface area contributed by atoms with Gasteiger partial charge in [0.15, 0.2) is 0 Å². The number of nitrogens with one attached hydrogen (secondary N) is 2. The van der Waals surface area contributed by atoms with E-state index in [0.29, 0.717) is 11.3 Å². The Bertz CT molecular complexity index is 552. The molecule has 6 nitrogen and oxygen atoms in total. The molecule has 0 bridgehead atoms. The van der Waals surface area contributed by atoms with Gasteiger partial charge >= 0.3 is 5.97 Å². The lowest BCUT2D eigenvalue weighted by Gasteiger charge is -2.14. The van der Waals surface area contributed by atoms with Crippen molar-refractivity contribution in [2.24, 2.45) is 5.92 Å². The summed E-state index contributed by atoms with van der Waals surface area (Å²) in [5, 5.41) is 14.2. The summed E-state index contributed by atoms with van der Waals surface area (Å²) in [6.07, 6.45) is 1.65. The van der Waals surface area contributed by atoms with E-state index in [4.69, 9.17) is 5.11 Å². The molecule has 2 amide bonds. The predicted octanol–water partition coefficient (Wildman–Crippen LogP) is 1.24. The van der Waals surface area contributed by atoms with E-state index < -0.39 is 17.9 Å². The van der Waals surface area contributed by atoms with E-state index in [1.54, 1.807) is 18.2 Å². The van der Waals surface area contributed by atoms with Crippen LogP contribution in [0.5, 0.6) is 0 Å². The van der Waals surface area contributed by atoms with Crippen LogP contribution >= 0.6 is 0 Å². The minimum atomic E-state index is -1.01. The summed E-state index contributed by atoms with van der Waals surface area (Å²) in [6.45, 7) is 1.38. The van der Waals surface area contributed by atoms with E-state index in [9.17, 15) is 14.4 Å². The largest absolute Gasteiger partial charge is 0.480 e. The third kappa shape index (κ3) is 3.57. The number of carbonyl (C=O) groups is 3. The number of carboxylic acid groups (broad SMARTS) is 1. The van der Waals surface area contributed by atoms with Crippen LogP contribution in [0.25, 0.3) is 0 Å². The van der Waals surface area contributed by atoms with Crippen LogP contribution in [0.1, 0.15) is 30.1 Å². The molecule has 3 N–H and O–H groups in total. The van der Waals surface area contributed by atoms with Crippen molar-refractivity contribution in [2.75, 3.05) is 5.32 Å². The monoisotopic (exact) mass is 276 g/mol. The Labute approximate surface area is 116 Å². The maximum absolute atomic E-state index is 12.0. The number of carboxylic acids is 1. The van der Waals surface area contributed by atoms with Crippen LogP contribution < -0.4 is 10.6 Å². The molecule has 0 radical (unpaired) electrons. The van der Waals surface area contributed by atoms with Crippen molar-refractivity contribution in [3.05, 3.63) is 29.8 Å². The second-order valence-electron chi connectivity index (χ2n) is 4.89. The van der Waals surface area contributed by atoms with Gasteiger partial charge in [0.05, 0.1) is 0 Å². The zero-order valence-corrected chi connectivity index (χ0v) is 11.1. The van der Waals surface area contributed by atoms with Gasteiger partial charge in [0, 0.05) is 18.2 Å². The lowest BCUT2D eigenvalue weighted by atomic mass is 10.1. The SMILES string of the molecule is CC(=O)Nc1cccc(C(=O)NC(C(=O)O)C2CC2)c1. The summed E-state index contributed by atoms with van der Waals surface area (Å²) in [5.74, 6) is -1.67. The number of benzene rings is 1. The molecule has 1 aromatic carbocycles. The molecule has 0 spiro atoms. The maximum atomic E-state index is 12.0. The topological polar surface area (TPSA) is 95.5 Å². The number of hydrogen-bond donors (Lipinski definition) is 3. The van der Waals surface area contributed by atoms with Crippen LogP contribution in [0.15, 0.2) is 24.3 Å². The first kappa shape index (κ1) is 14.0. The lowest BCUT2D eigenvalue weighted by Crippen LogP contribution is -2.42. The first-order chi connectivity index (χ1) is 9.47. The standard InChI is InChI=1S/C14H16N2O4/c1-8(17)15-11-4-2-3-10(7-11)13(18)16-12(14(19)20)9-5-6-9/h2-4,7,9,12H,5-6H2,1H3,(H,15,17)(H,16,18)(H,19,20). The molecule has 1 aliphatic carbocycles. The summed E-state index contributed by atoms with van der Waals surface area (Å²) >= 11 is 0. The smallest absolute Gasteiger partial charge is 0.326 e. The van der Waals surface area contributed by atoms with Gasteiger partial charge in [0.25, 0.3) is 5.91 Å². The molecule has 1 fully saturated rings. The Morgan fingerprint density at radius 2 is 2.00 bits per heavy atom. The number of rotatable bonds is 5. The van der Waals surface area contributed by atoms with Gasteiger partial charge in [-0.25, -0.2) is 4.79 Å². The van der Waals surface area contributed by atoms with E-state index in [1.165, 1.54) is 13.0 Å². The van der Waals surface area contributed by atoms with Gasteiger partial charge in [-0.15, -0.1) is 0 Å². The number of anilines is 1. The van der Waals surface area contributed by atoms with Gasteiger partial charge in [0.2, 0.25) is 5.91 Å². The molecule has 20 heavy (non-hydrogen) atoms. The van der Waals surface area contributed by atoms with Crippen molar-refractivity contribution >= 4 is 23.5 Å². The molecule has 1 atom stereocenters. The molecule has 6 heteroatoms. The van der Waals surface area contributed by atoms with Gasteiger partial charge in [0.1, 0.15) is 6.04 Å². The second kappa shape index (κ2) is 5.73. The maximum Gasteiger partial charge on any atom is 0.326 e. The number of carbonyl (C=O) groups excluding carboxylic acids is 2. The Kier molecular flexibility index (Phi) is 4.02. The van der Waals surface area contributed by atoms with Crippen molar-refractivity contribution in [3.8, 4) is 0 Å².